The highest BCUT2D eigenvalue weighted by Gasteiger charge is 2.05. The summed E-state index contributed by atoms with van der Waals surface area (Å²) in [6.45, 7) is 7.36. The molecule has 7 heteroatoms. The summed E-state index contributed by atoms with van der Waals surface area (Å²) >= 11 is 1.79. The smallest absolute Gasteiger partial charge is 0.191 e. The third-order valence-electron chi connectivity index (χ3n) is 3.94. The van der Waals surface area contributed by atoms with Crippen molar-refractivity contribution < 1.29 is 4.74 Å². The molecule has 1 aromatic carbocycles. The van der Waals surface area contributed by atoms with Crippen molar-refractivity contribution in [1.82, 2.24) is 15.6 Å². The Morgan fingerprint density at radius 3 is 2.70 bits per heavy atom. The molecule has 0 spiro atoms. The molecule has 0 fully saturated rings. The van der Waals surface area contributed by atoms with Gasteiger partial charge in [-0.3, -0.25) is 4.99 Å². The molecule has 2 N–H and O–H groups in total. The van der Waals surface area contributed by atoms with Gasteiger partial charge >= 0.3 is 0 Å². The second kappa shape index (κ2) is 13.9. The first kappa shape index (κ1) is 23.8. The number of hydrogen-bond donors (Lipinski definition) is 2. The van der Waals surface area contributed by atoms with Crippen LogP contribution in [0.15, 0.2) is 41.5 Å². The van der Waals surface area contributed by atoms with E-state index in [2.05, 4.69) is 46.6 Å². The average molecular weight is 502 g/mol. The van der Waals surface area contributed by atoms with E-state index < -0.39 is 0 Å². The number of hydrogen-bond acceptors (Lipinski definition) is 4. The van der Waals surface area contributed by atoms with E-state index in [1.54, 1.807) is 18.4 Å². The van der Waals surface area contributed by atoms with Crippen molar-refractivity contribution in [3.8, 4) is 0 Å². The molecule has 1 heterocycles. The number of aryl methyl sites for hydroxylation is 1. The lowest BCUT2D eigenvalue weighted by Gasteiger charge is -2.16. The number of guanidine groups is 1. The van der Waals surface area contributed by atoms with Gasteiger partial charge in [-0.2, -0.15) is 0 Å². The molecule has 2 aromatic rings. The molecule has 0 saturated carbocycles. The zero-order valence-electron chi connectivity index (χ0n) is 16.4. The van der Waals surface area contributed by atoms with Crippen LogP contribution in [0.1, 0.15) is 29.3 Å². The third-order valence-corrected chi connectivity index (χ3v) is 5.14. The summed E-state index contributed by atoms with van der Waals surface area (Å²) in [5.74, 6) is 1.23. The van der Waals surface area contributed by atoms with Gasteiger partial charge in [0.15, 0.2) is 5.96 Å². The molecule has 5 nitrogen and oxygen atoms in total. The van der Waals surface area contributed by atoms with E-state index in [4.69, 9.17) is 4.74 Å². The molecule has 0 aliphatic carbocycles. The van der Waals surface area contributed by atoms with Crippen molar-refractivity contribution in [2.24, 2.45) is 10.9 Å². The van der Waals surface area contributed by atoms with Crippen molar-refractivity contribution in [2.45, 2.75) is 33.3 Å². The van der Waals surface area contributed by atoms with Crippen molar-refractivity contribution >= 4 is 41.3 Å². The number of aromatic nitrogens is 1. The molecule has 0 bridgehead atoms. The van der Waals surface area contributed by atoms with E-state index in [1.807, 2.05) is 24.4 Å². The number of halogens is 1. The zero-order valence-corrected chi connectivity index (χ0v) is 19.6. The quantitative estimate of drug-likeness (QED) is 0.294. The van der Waals surface area contributed by atoms with Crippen LogP contribution < -0.4 is 10.6 Å². The fraction of sp³-hybridized carbons (Fsp3) is 0.500. The van der Waals surface area contributed by atoms with Gasteiger partial charge in [-0.25, -0.2) is 4.98 Å². The highest BCUT2D eigenvalue weighted by Crippen LogP contribution is 2.13. The Morgan fingerprint density at radius 1 is 1.26 bits per heavy atom. The second-order valence-corrected chi connectivity index (χ2v) is 7.51. The van der Waals surface area contributed by atoms with Crippen LogP contribution in [0.3, 0.4) is 0 Å². The molecule has 27 heavy (non-hydrogen) atoms. The molecular formula is C20H31IN4OS. The molecule has 1 unspecified atom stereocenters. The Bertz CT molecular complexity index is 663. The van der Waals surface area contributed by atoms with Crippen LogP contribution >= 0.6 is 35.3 Å². The number of nitrogens with one attached hydrogen (secondary N) is 2. The topological polar surface area (TPSA) is 58.5 Å². The number of thiazole rings is 1. The van der Waals surface area contributed by atoms with Crippen LogP contribution in [0.4, 0.5) is 0 Å². The summed E-state index contributed by atoms with van der Waals surface area (Å²) in [6.07, 6.45) is 3.95. The predicted octanol–water partition coefficient (Wildman–Crippen LogP) is 3.88. The van der Waals surface area contributed by atoms with Crippen LogP contribution in [0.2, 0.25) is 0 Å². The van der Waals surface area contributed by atoms with E-state index in [-0.39, 0.29) is 24.0 Å². The first-order chi connectivity index (χ1) is 12.7. The Kier molecular flexibility index (Phi) is 12.3. The van der Waals surface area contributed by atoms with Gasteiger partial charge in [0.2, 0.25) is 0 Å². The fourth-order valence-corrected chi connectivity index (χ4v) is 3.28. The maximum Gasteiger partial charge on any atom is 0.191 e. The van der Waals surface area contributed by atoms with E-state index in [1.165, 1.54) is 15.4 Å². The highest BCUT2D eigenvalue weighted by atomic mass is 127. The Hall–Kier alpha value is -1.19. The number of benzene rings is 1. The lowest BCUT2D eigenvalue weighted by molar-refractivity contribution is 0.0931. The molecular weight excluding hydrogens is 471 g/mol. The molecule has 0 aliphatic rings. The maximum atomic E-state index is 5.79. The zero-order chi connectivity index (χ0) is 18.6. The van der Waals surface area contributed by atoms with E-state index in [0.717, 1.165) is 38.5 Å². The third kappa shape index (κ3) is 9.53. The number of ether oxygens (including phenoxy) is 1. The van der Waals surface area contributed by atoms with Crippen molar-refractivity contribution in [1.29, 1.82) is 0 Å². The van der Waals surface area contributed by atoms with E-state index >= 15 is 0 Å². The lowest BCUT2D eigenvalue weighted by atomic mass is 10.2. The summed E-state index contributed by atoms with van der Waals surface area (Å²) in [6, 6.07) is 10.3. The predicted molar refractivity (Wildman–Crippen MR) is 125 cm³/mol. The van der Waals surface area contributed by atoms with Crippen LogP contribution in [0.25, 0.3) is 0 Å². The van der Waals surface area contributed by atoms with Crippen LogP contribution in [-0.2, 0) is 24.2 Å². The summed E-state index contributed by atoms with van der Waals surface area (Å²) in [7, 11) is 1.80. The van der Waals surface area contributed by atoms with Crippen LogP contribution in [-0.4, -0.2) is 37.7 Å². The fourth-order valence-electron chi connectivity index (χ4n) is 2.42. The Morgan fingerprint density at radius 2 is 2.04 bits per heavy atom. The number of aliphatic imine (C=N–C) groups is 1. The van der Waals surface area contributed by atoms with Gasteiger partial charge in [-0.1, -0.05) is 44.2 Å². The molecule has 2 rings (SSSR count). The monoisotopic (exact) mass is 502 g/mol. The van der Waals surface area contributed by atoms with Gasteiger partial charge in [0, 0.05) is 37.6 Å². The van der Waals surface area contributed by atoms with Gasteiger partial charge in [0.05, 0.1) is 18.2 Å². The molecule has 0 saturated heterocycles. The number of nitrogens with zero attached hydrogens (tertiary/aromatic N) is 2. The summed E-state index contributed by atoms with van der Waals surface area (Å²) in [4.78, 5) is 10.1. The average Bonchev–Trinajstić information content (AvgIpc) is 3.13. The molecule has 0 aliphatic heterocycles. The Labute approximate surface area is 184 Å². The SMILES string of the molecule is CCc1cnc(CCNC(=NC)NCC(C)COCc2ccccc2)s1.I. The summed E-state index contributed by atoms with van der Waals surface area (Å²) in [5.41, 5.74) is 1.21. The van der Waals surface area contributed by atoms with Crippen LogP contribution in [0, 0.1) is 5.92 Å². The van der Waals surface area contributed by atoms with Crippen molar-refractivity contribution in [2.75, 3.05) is 26.7 Å². The van der Waals surface area contributed by atoms with Gasteiger partial charge in [-0.15, -0.1) is 35.3 Å². The van der Waals surface area contributed by atoms with Crippen molar-refractivity contribution in [3.63, 3.8) is 0 Å². The molecule has 0 amide bonds. The second-order valence-electron chi connectivity index (χ2n) is 6.31. The Balaban J connectivity index is 0.00000364. The molecule has 1 atom stereocenters. The van der Waals surface area contributed by atoms with Gasteiger partial charge < -0.3 is 15.4 Å². The first-order valence-electron chi connectivity index (χ1n) is 9.21. The highest BCUT2D eigenvalue weighted by molar-refractivity contribution is 14.0. The minimum atomic E-state index is 0. The normalized spacial score (nSPS) is 12.3. The summed E-state index contributed by atoms with van der Waals surface area (Å²) in [5, 5.41) is 7.88. The molecule has 150 valence electrons. The number of rotatable bonds is 10. The van der Waals surface area contributed by atoms with Gasteiger partial charge in [0.1, 0.15) is 0 Å². The molecule has 0 radical (unpaired) electrons. The first-order valence-corrected chi connectivity index (χ1v) is 10.0. The van der Waals surface area contributed by atoms with E-state index in [0.29, 0.717) is 12.5 Å². The van der Waals surface area contributed by atoms with Crippen molar-refractivity contribution in [3.05, 3.63) is 52.0 Å². The minimum Gasteiger partial charge on any atom is -0.376 e. The van der Waals surface area contributed by atoms with Gasteiger partial charge in [0.25, 0.3) is 0 Å². The van der Waals surface area contributed by atoms with Crippen LogP contribution in [0.5, 0.6) is 0 Å². The largest absolute Gasteiger partial charge is 0.376 e. The standard InChI is InChI=1S/C20H30N4OS.HI/c1-4-18-13-23-19(26-18)10-11-22-20(21-3)24-12-16(2)14-25-15-17-8-6-5-7-9-17;/h5-9,13,16H,4,10-12,14-15H2,1-3H3,(H2,21,22,24);1H. The minimum absolute atomic E-state index is 0. The van der Waals surface area contributed by atoms with Gasteiger partial charge in [-0.05, 0) is 17.9 Å². The molecule has 1 aromatic heterocycles. The summed E-state index contributed by atoms with van der Waals surface area (Å²) < 4.78 is 5.79. The maximum absolute atomic E-state index is 5.79. The lowest BCUT2D eigenvalue weighted by Crippen LogP contribution is -2.40. The van der Waals surface area contributed by atoms with E-state index in [9.17, 15) is 0 Å².